The summed E-state index contributed by atoms with van der Waals surface area (Å²) >= 11 is 0. The molecule has 1 fully saturated rings. The number of halogens is 1. The van der Waals surface area contributed by atoms with Gasteiger partial charge in [-0.05, 0) is 63.6 Å². The van der Waals surface area contributed by atoms with E-state index in [2.05, 4.69) is 24.5 Å². The Balaban J connectivity index is 2.03. The van der Waals surface area contributed by atoms with Gasteiger partial charge in [0.1, 0.15) is 11.4 Å². The second-order valence-electron chi connectivity index (χ2n) is 8.07. The molecule has 0 bridgehead atoms. The number of carbonyl (C=O) groups excluding carboxylic acids is 1. The summed E-state index contributed by atoms with van der Waals surface area (Å²) in [7, 11) is 0. The Hall–Kier alpha value is -1.78. The highest BCUT2D eigenvalue weighted by molar-refractivity contribution is 5.85. The van der Waals surface area contributed by atoms with Crippen LogP contribution in [0.1, 0.15) is 53.9 Å². The van der Waals surface area contributed by atoms with Gasteiger partial charge in [0.05, 0.1) is 5.69 Å². The van der Waals surface area contributed by atoms with Crippen molar-refractivity contribution in [3.05, 3.63) is 24.0 Å². The second kappa shape index (κ2) is 6.38. The van der Waals surface area contributed by atoms with Crippen LogP contribution in [-0.2, 0) is 4.74 Å². The van der Waals surface area contributed by atoms with Crippen molar-refractivity contribution in [2.75, 3.05) is 10.6 Å². The zero-order valence-corrected chi connectivity index (χ0v) is 14.6. The Bertz CT molecular complexity index is 579. The number of ether oxygens (including phenoxy) is 1. The minimum Gasteiger partial charge on any atom is -0.444 e. The van der Waals surface area contributed by atoms with Gasteiger partial charge in [-0.3, -0.25) is 5.32 Å². The third-order valence-corrected chi connectivity index (χ3v) is 3.94. The third-order valence-electron chi connectivity index (χ3n) is 3.94. The first kappa shape index (κ1) is 17.6. The predicted molar refractivity (Wildman–Crippen MR) is 91.3 cm³/mol. The van der Waals surface area contributed by atoms with Gasteiger partial charge < -0.3 is 10.1 Å². The van der Waals surface area contributed by atoms with Crippen LogP contribution < -0.4 is 10.6 Å². The van der Waals surface area contributed by atoms with Crippen LogP contribution in [0.2, 0.25) is 0 Å². The van der Waals surface area contributed by atoms with Crippen molar-refractivity contribution >= 4 is 17.5 Å². The van der Waals surface area contributed by atoms with Crippen molar-refractivity contribution in [2.24, 2.45) is 5.41 Å². The number of rotatable bonds is 3. The van der Waals surface area contributed by atoms with E-state index in [9.17, 15) is 9.18 Å². The lowest BCUT2D eigenvalue weighted by Gasteiger charge is -2.21. The SMILES string of the molecule is CC1(C)CCC(Nc2cc(NC(=O)OC(C)(C)C)ccc2F)C1. The average molecular weight is 322 g/mol. The first-order valence-electron chi connectivity index (χ1n) is 8.10. The number of anilines is 2. The van der Waals surface area contributed by atoms with E-state index >= 15 is 0 Å². The van der Waals surface area contributed by atoms with Crippen LogP contribution in [0.25, 0.3) is 0 Å². The number of amides is 1. The molecule has 1 aromatic rings. The minimum atomic E-state index is -0.569. The second-order valence-corrected chi connectivity index (χ2v) is 8.07. The van der Waals surface area contributed by atoms with Crippen molar-refractivity contribution in [1.29, 1.82) is 0 Å². The molecule has 128 valence electrons. The average Bonchev–Trinajstić information content (AvgIpc) is 2.70. The number of carbonyl (C=O) groups is 1. The molecular weight excluding hydrogens is 295 g/mol. The van der Waals surface area contributed by atoms with Crippen molar-refractivity contribution in [3.8, 4) is 0 Å². The van der Waals surface area contributed by atoms with Crippen LogP contribution in [0, 0.1) is 11.2 Å². The first-order valence-corrected chi connectivity index (χ1v) is 8.10. The molecule has 0 saturated heterocycles. The summed E-state index contributed by atoms with van der Waals surface area (Å²) in [4.78, 5) is 11.8. The molecule has 2 N–H and O–H groups in total. The lowest BCUT2D eigenvalue weighted by Crippen LogP contribution is -2.27. The van der Waals surface area contributed by atoms with Gasteiger partial charge in [-0.15, -0.1) is 0 Å². The maximum Gasteiger partial charge on any atom is 0.412 e. The van der Waals surface area contributed by atoms with Crippen molar-refractivity contribution in [2.45, 2.75) is 65.5 Å². The maximum atomic E-state index is 14.0. The molecule has 23 heavy (non-hydrogen) atoms. The van der Waals surface area contributed by atoms with E-state index in [-0.39, 0.29) is 11.9 Å². The fourth-order valence-electron chi connectivity index (χ4n) is 2.91. The van der Waals surface area contributed by atoms with Crippen LogP contribution in [-0.4, -0.2) is 17.7 Å². The number of hydrogen-bond donors (Lipinski definition) is 2. The van der Waals surface area contributed by atoms with Crippen molar-refractivity contribution < 1.29 is 13.9 Å². The minimum absolute atomic E-state index is 0.260. The Morgan fingerprint density at radius 2 is 2.04 bits per heavy atom. The van der Waals surface area contributed by atoms with Gasteiger partial charge in [-0.1, -0.05) is 13.8 Å². The van der Waals surface area contributed by atoms with E-state index < -0.39 is 11.7 Å². The summed E-state index contributed by atoms with van der Waals surface area (Å²) < 4.78 is 19.2. The highest BCUT2D eigenvalue weighted by Gasteiger charge is 2.31. The summed E-state index contributed by atoms with van der Waals surface area (Å²) in [6.45, 7) is 9.85. The monoisotopic (exact) mass is 322 g/mol. The molecule has 5 heteroatoms. The number of hydrogen-bond acceptors (Lipinski definition) is 3. The summed E-state index contributed by atoms with van der Waals surface area (Å²) in [5.74, 6) is -0.315. The van der Waals surface area contributed by atoms with Crippen LogP contribution in [0.5, 0.6) is 0 Å². The van der Waals surface area contributed by atoms with E-state index in [1.54, 1.807) is 26.8 Å². The zero-order valence-electron chi connectivity index (χ0n) is 14.6. The molecule has 0 aliphatic heterocycles. The third kappa shape index (κ3) is 5.41. The molecule has 2 rings (SSSR count). The summed E-state index contributed by atoms with van der Waals surface area (Å²) in [5.41, 5.74) is 0.655. The quantitative estimate of drug-likeness (QED) is 0.808. The molecule has 1 amide bonds. The Labute approximate surface area is 137 Å². The fraction of sp³-hybridized carbons (Fsp3) is 0.611. The molecule has 0 heterocycles. The number of nitrogens with one attached hydrogen (secondary N) is 2. The predicted octanol–water partition coefficient (Wildman–Crippen LogP) is 5.16. The van der Waals surface area contributed by atoms with Gasteiger partial charge in [-0.25, -0.2) is 9.18 Å². The van der Waals surface area contributed by atoms with Crippen molar-refractivity contribution in [3.63, 3.8) is 0 Å². The van der Waals surface area contributed by atoms with Gasteiger partial charge >= 0.3 is 6.09 Å². The van der Waals surface area contributed by atoms with Crippen molar-refractivity contribution in [1.82, 2.24) is 0 Å². The van der Waals surface area contributed by atoms with Crippen LogP contribution in [0.4, 0.5) is 20.6 Å². The molecule has 0 radical (unpaired) electrons. The van der Waals surface area contributed by atoms with Crippen LogP contribution in [0.3, 0.4) is 0 Å². The largest absolute Gasteiger partial charge is 0.444 e. The lowest BCUT2D eigenvalue weighted by molar-refractivity contribution is 0.0636. The molecule has 1 aromatic carbocycles. The highest BCUT2D eigenvalue weighted by atomic mass is 19.1. The number of benzene rings is 1. The van der Waals surface area contributed by atoms with Gasteiger partial charge in [-0.2, -0.15) is 0 Å². The molecule has 0 spiro atoms. The molecule has 4 nitrogen and oxygen atoms in total. The van der Waals surface area contributed by atoms with E-state index in [4.69, 9.17) is 4.74 Å². The molecule has 1 aliphatic rings. The molecule has 0 aromatic heterocycles. The topological polar surface area (TPSA) is 50.4 Å². The smallest absolute Gasteiger partial charge is 0.412 e. The Kier molecular flexibility index (Phi) is 4.87. The molecular formula is C18H27FN2O2. The van der Waals surface area contributed by atoms with E-state index in [0.29, 0.717) is 16.8 Å². The first-order chi connectivity index (χ1) is 10.5. The molecule has 1 unspecified atom stereocenters. The van der Waals surface area contributed by atoms with Crippen LogP contribution >= 0.6 is 0 Å². The Morgan fingerprint density at radius 1 is 1.35 bits per heavy atom. The summed E-state index contributed by atoms with van der Waals surface area (Å²) in [6, 6.07) is 4.76. The standard InChI is InChI=1S/C18H27FN2O2/c1-17(2,3)23-16(22)21-12-6-7-14(19)15(10-12)20-13-8-9-18(4,5)11-13/h6-7,10,13,20H,8-9,11H2,1-5H3,(H,21,22). The van der Waals surface area contributed by atoms with E-state index in [1.165, 1.54) is 12.1 Å². The van der Waals surface area contributed by atoms with Gasteiger partial charge in [0.25, 0.3) is 0 Å². The van der Waals surface area contributed by atoms with Gasteiger partial charge in [0, 0.05) is 11.7 Å². The highest BCUT2D eigenvalue weighted by Crippen LogP contribution is 2.38. The lowest BCUT2D eigenvalue weighted by atomic mass is 9.92. The zero-order chi connectivity index (χ0) is 17.3. The maximum absolute atomic E-state index is 14.0. The van der Waals surface area contributed by atoms with Crippen LogP contribution in [0.15, 0.2) is 18.2 Å². The molecule has 1 saturated carbocycles. The van der Waals surface area contributed by atoms with Gasteiger partial charge in [0.2, 0.25) is 0 Å². The molecule has 1 atom stereocenters. The fourth-order valence-corrected chi connectivity index (χ4v) is 2.91. The van der Waals surface area contributed by atoms with E-state index in [1.807, 2.05) is 0 Å². The summed E-state index contributed by atoms with van der Waals surface area (Å²) in [5, 5.41) is 5.90. The Morgan fingerprint density at radius 3 is 2.61 bits per heavy atom. The summed E-state index contributed by atoms with van der Waals surface area (Å²) in [6.07, 6.45) is 2.62. The van der Waals surface area contributed by atoms with Gasteiger partial charge in [0.15, 0.2) is 0 Å². The van der Waals surface area contributed by atoms with E-state index in [0.717, 1.165) is 19.3 Å². The normalized spacial score (nSPS) is 20.2. The molecule has 1 aliphatic carbocycles.